The van der Waals surface area contributed by atoms with Crippen LogP contribution < -0.4 is 0 Å². The lowest BCUT2D eigenvalue weighted by Crippen LogP contribution is -2.28. The van der Waals surface area contributed by atoms with Gasteiger partial charge in [0.25, 0.3) is 11.8 Å². The molecule has 23 heteroatoms. The van der Waals surface area contributed by atoms with Crippen molar-refractivity contribution in [1.82, 2.24) is 19.9 Å². The summed E-state index contributed by atoms with van der Waals surface area (Å²) < 4.78 is 111. The fourth-order valence-corrected chi connectivity index (χ4v) is 3.83. The van der Waals surface area contributed by atoms with Crippen molar-refractivity contribution in [2.24, 2.45) is 0 Å². The van der Waals surface area contributed by atoms with Gasteiger partial charge in [-0.1, -0.05) is 53.3 Å². The monoisotopic (exact) mass is 1060 g/mol. The topological polar surface area (TPSA) is 124 Å². The number of rotatable bonds is 9. The molecule has 0 atom stereocenters. The first-order valence-electron chi connectivity index (χ1n) is 15.2. The molecule has 56 heavy (non-hydrogen) atoms. The van der Waals surface area contributed by atoms with Crippen molar-refractivity contribution in [1.29, 1.82) is 0 Å². The zero-order valence-electron chi connectivity index (χ0n) is 28.9. The zero-order chi connectivity index (χ0) is 43.3. The Bertz CT molecular complexity index is 1670. The van der Waals surface area contributed by atoms with E-state index in [2.05, 4.69) is 52.0 Å². The first kappa shape index (κ1) is 53.3. The van der Waals surface area contributed by atoms with Gasteiger partial charge in [-0.05, 0) is 85.0 Å². The van der Waals surface area contributed by atoms with Crippen LogP contribution in [0.15, 0.2) is 73.3 Å². The molecule has 0 radical (unpaired) electrons. The molecule has 1 N–H and O–H groups in total. The lowest BCUT2D eigenvalue weighted by atomic mass is 10.1. The highest BCUT2D eigenvalue weighted by molar-refractivity contribution is 14.1. The number of aromatic nitrogens is 4. The smallest absolute Gasteiger partial charge is 0.395 e. The number of hydrogen-bond donors (Lipinski definition) is 1. The number of alkyl halides is 9. The minimum absolute atomic E-state index is 0.0416. The van der Waals surface area contributed by atoms with Gasteiger partial charge in [-0.15, -0.1) is 0 Å². The summed E-state index contributed by atoms with van der Waals surface area (Å²) in [4.78, 5) is 31.8. The van der Waals surface area contributed by atoms with Gasteiger partial charge in [0.05, 0.1) is 18.8 Å². The molecule has 0 fully saturated rings. The quantitative estimate of drug-likeness (QED) is 0.0573. The first-order chi connectivity index (χ1) is 25.9. The average Bonchev–Trinajstić information content (AvgIpc) is 3.14. The largest absolute Gasteiger partial charge is 0.461 e. The van der Waals surface area contributed by atoms with E-state index in [0.29, 0.717) is 5.15 Å². The summed E-state index contributed by atoms with van der Waals surface area (Å²) in [6.45, 7) is 2.96. The summed E-state index contributed by atoms with van der Waals surface area (Å²) in [5.41, 5.74) is -0.964. The maximum absolute atomic E-state index is 13.3. The van der Waals surface area contributed by atoms with Crippen molar-refractivity contribution >= 4 is 96.9 Å². The molecule has 0 saturated carbocycles. The predicted molar refractivity (Wildman–Crippen MR) is 206 cm³/mol. The number of hydrogen-bond acceptors (Lipinski definition) is 9. The summed E-state index contributed by atoms with van der Waals surface area (Å²) in [6.07, 6.45) is 4.39. The molecule has 310 valence electrons. The molecule has 0 amide bonds. The van der Waals surface area contributed by atoms with Gasteiger partial charge < -0.3 is 14.6 Å². The van der Waals surface area contributed by atoms with Crippen LogP contribution in [0.2, 0.25) is 20.6 Å². The predicted octanol–water partition coefficient (Wildman–Crippen LogP) is 11.3. The Kier molecular flexibility index (Phi) is 24.4. The number of nitrogens with zero attached hydrogens (tertiary/aromatic N) is 4. The Morgan fingerprint density at radius 1 is 0.625 bits per heavy atom. The SMILES string of the molecule is CCC(F)(F)c1ccc(Cl)nc1.CCOC(=O)C(F)(F)Br.CCOC(=O)C(F)(F)c1ccc(Cl)nc1.Clc1ccc(I)cn1.OCC(F)(F)c1ccc(Cl)nc1. The fourth-order valence-electron chi connectivity index (χ4n) is 2.95. The first-order valence-corrected chi connectivity index (χ1v) is 18.5. The van der Waals surface area contributed by atoms with Gasteiger partial charge in [0.2, 0.25) is 0 Å². The van der Waals surface area contributed by atoms with Crippen LogP contribution in [0.25, 0.3) is 0 Å². The van der Waals surface area contributed by atoms with Crippen LogP contribution in [0.1, 0.15) is 43.9 Å². The van der Waals surface area contributed by atoms with E-state index in [1.807, 2.05) is 22.0 Å². The summed E-state index contributed by atoms with van der Waals surface area (Å²) >= 11 is 25.8. The summed E-state index contributed by atoms with van der Waals surface area (Å²) in [5, 5.41) is 9.31. The standard InChI is InChI=1S/C9H8ClF2NO2.C8H8ClF2N.C7H6ClF2NO.C5H3ClIN.C4H5BrF2O2/c1-2-15-8(14)9(11,12)6-3-4-7(10)13-5-6;1-2-8(10,11)6-3-4-7(9)12-5-6;8-6-2-1-5(3-11-6)7(9,10)4-12;6-5-2-1-4(7)3-8-5;1-2-9-3(8)4(5,6)7/h3-5H,2H2,1H3;3-5H,2H2,1H3;1-3,12H,4H2;1-3H;2H2,1H3. The fraction of sp³-hybridized carbons (Fsp3) is 0.333. The second kappa shape index (κ2) is 25.6. The number of aliphatic hydroxyl groups is 1. The second-order valence-corrected chi connectivity index (χ2v) is 13.6. The number of carbonyl (C=O) groups excluding carboxylic acids is 2. The van der Waals surface area contributed by atoms with Crippen molar-refractivity contribution in [3.63, 3.8) is 0 Å². The van der Waals surface area contributed by atoms with Gasteiger partial charge in [0.1, 0.15) is 27.2 Å². The minimum atomic E-state index is -3.69. The lowest BCUT2D eigenvalue weighted by molar-refractivity contribution is -0.173. The maximum atomic E-state index is 13.3. The highest BCUT2D eigenvalue weighted by Crippen LogP contribution is 2.31. The second-order valence-electron chi connectivity index (χ2n) is 9.84. The number of aliphatic hydroxyl groups excluding tert-OH is 1. The van der Waals surface area contributed by atoms with E-state index in [1.54, 1.807) is 12.3 Å². The third-order valence-corrected chi connectivity index (χ3v) is 7.62. The molecule has 0 aromatic carbocycles. The average molecular weight is 1060 g/mol. The Labute approximate surface area is 357 Å². The molecule has 4 aromatic heterocycles. The summed E-state index contributed by atoms with van der Waals surface area (Å²) in [6, 6.07) is 10.9. The van der Waals surface area contributed by atoms with E-state index in [1.165, 1.54) is 45.0 Å². The van der Waals surface area contributed by atoms with Gasteiger partial charge in [0.15, 0.2) is 0 Å². The Morgan fingerprint density at radius 3 is 1.25 bits per heavy atom. The molecule has 4 aromatic rings. The normalized spacial score (nSPS) is 11.1. The van der Waals surface area contributed by atoms with Crippen LogP contribution in [0, 0.1) is 3.57 Å². The molecule has 4 rings (SSSR count). The molecule has 0 saturated heterocycles. The zero-order valence-corrected chi connectivity index (χ0v) is 35.7. The van der Waals surface area contributed by atoms with Crippen molar-refractivity contribution in [3.8, 4) is 0 Å². The molecule has 0 aliphatic carbocycles. The maximum Gasteiger partial charge on any atom is 0.395 e. The molecule has 0 spiro atoms. The third-order valence-electron chi connectivity index (χ3n) is 5.76. The van der Waals surface area contributed by atoms with Crippen LogP contribution in [-0.4, -0.2) is 61.6 Å². The Morgan fingerprint density at radius 2 is 0.982 bits per heavy atom. The van der Waals surface area contributed by atoms with E-state index < -0.39 is 46.7 Å². The van der Waals surface area contributed by atoms with E-state index in [4.69, 9.17) is 51.5 Å². The molecule has 0 aliphatic heterocycles. The molecule has 0 unspecified atom stereocenters. The number of halogens is 14. The summed E-state index contributed by atoms with van der Waals surface area (Å²) in [7, 11) is 0. The number of ether oxygens (including phenoxy) is 2. The van der Waals surface area contributed by atoms with Gasteiger partial charge >= 0.3 is 22.7 Å². The van der Waals surface area contributed by atoms with E-state index >= 15 is 0 Å². The molecular weight excluding hydrogens is 1030 g/mol. The molecule has 0 aliphatic rings. The Balaban J connectivity index is 0.000000687. The Hall–Kier alpha value is -2.69. The lowest BCUT2D eigenvalue weighted by Gasteiger charge is -2.14. The number of pyridine rings is 4. The molecule has 4 heterocycles. The van der Waals surface area contributed by atoms with E-state index in [0.717, 1.165) is 34.3 Å². The third kappa shape index (κ3) is 20.6. The molecule has 9 nitrogen and oxygen atoms in total. The van der Waals surface area contributed by atoms with Crippen LogP contribution >= 0.6 is 84.9 Å². The minimum Gasteiger partial charge on any atom is -0.461 e. The molecule has 0 bridgehead atoms. The number of carbonyl (C=O) groups is 2. The van der Waals surface area contributed by atoms with Gasteiger partial charge in [-0.3, -0.25) is 0 Å². The van der Waals surface area contributed by atoms with Crippen molar-refractivity contribution < 1.29 is 59.3 Å². The van der Waals surface area contributed by atoms with Crippen LogP contribution in [-0.2, 0) is 36.8 Å². The van der Waals surface area contributed by atoms with Gasteiger partial charge in [0, 0.05) is 61.8 Å². The van der Waals surface area contributed by atoms with Gasteiger partial charge in [-0.2, -0.15) is 26.3 Å². The van der Waals surface area contributed by atoms with Crippen LogP contribution in [0.4, 0.5) is 35.1 Å². The molecular formula is C33H30BrCl4F8IN4O5. The van der Waals surface area contributed by atoms with Crippen LogP contribution in [0.5, 0.6) is 0 Å². The van der Waals surface area contributed by atoms with Crippen molar-refractivity contribution in [2.75, 3.05) is 19.8 Å². The van der Waals surface area contributed by atoms with Crippen molar-refractivity contribution in [2.45, 2.75) is 49.8 Å². The number of esters is 2. The highest BCUT2D eigenvalue weighted by Gasteiger charge is 2.43. The van der Waals surface area contributed by atoms with E-state index in [-0.39, 0.29) is 46.2 Å². The van der Waals surface area contributed by atoms with Crippen LogP contribution in [0.3, 0.4) is 0 Å². The van der Waals surface area contributed by atoms with E-state index in [9.17, 15) is 44.7 Å². The van der Waals surface area contributed by atoms with Crippen molar-refractivity contribution in [3.05, 3.63) is 114 Å². The summed E-state index contributed by atoms with van der Waals surface area (Å²) in [5.74, 6) is -12.9. The highest BCUT2D eigenvalue weighted by atomic mass is 127. The van der Waals surface area contributed by atoms with Gasteiger partial charge in [-0.25, -0.2) is 38.3 Å².